The van der Waals surface area contributed by atoms with Crippen LogP contribution in [0.15, 0.2) is 72.8 Å². The number of aryl methyl sites for hydroxylation is 1. The highest BCUT2D eigenvalue weighted by atomic mass is 16.5. The van der Waals surface area contributed by atoms with Gasteiger partial charge in [-0.1, -0.05) is 60.7 Å². The zero-order valence-electron chi connectivity index (χ0n) is 19.6. The summed E-state index contributed by atoms with van der Waals surface area (Å²) in [6.45, 7) is 2.82. The van der Waals surface area contributed by atoms with Crippen molar-refractivity contribution in [2.24, 2.45) is 0 Å². The van der Waals surface area contributed by atoms with Gasteiger partial charge in [-0.25, -0.2) is 4.79 Å². The standard InChI is InChI=1S/C29H27NO4/c1-4-34-29(31)28-26(20-13-9-6-10-14-20)25(19-11-7-5-8-12-19)27-22-18-24(33-3)23(32-2)17-21(22)15-16-30(27)28/h5-14,17-18H,4,15-16H2,1-3H3. The highest BCUT2D eigenvalue weighted by molar-refractivity contribution is 6.07. The highest BCUT2D eigenvalue weighted by Crippen LogP contribution is 2.49. The van der Waals surface area contributed by atoms with E-state index in [2.05, 4.69) is 16.7 Å². The molecule has 0 fully saturated rings. The molecule has 0 unspecified atom stereocenters. The molecular weight excluding hydrogens is 426 g/mol. The van der Waals surface area contributed by atoms with E-state index in [4.69, 9.17) is 14.2 Å². The van der Waals surface area contributed by atoms with E-state index in [1.54, 1.807) is 14.2 Å². The zero-order valence-corrected chi connectivity index (χ0v) is 19.6. The first-order chi connectivity index (χ1) is 16.7. The number of carbonyl (C=O) groups is 1. The third kappa shape index (κ3) is 3.54. The Balaban J connectivity index is 1.91. The van der Waals surface area contributed by atoms with Crippen molar-refractivity contribution in [3.8, 4) is 45.0 Å². The van der Waals surface area contributed by atoms with E-state index in [0.717, 1.165) is 45.5 Å². The van der Waals surface area contributed by atoms with Crippen LogP contribution in [0.3, 0.4) is 0 Å². The number of hydrogen-bond acceptors (Lipinski definition) is 4. The van der Waals surface area contributed by atoms with Gasteiger partial charge < -0.3 is 18.8 Å². The molecule has 0 bridgehead atoms. The molecule has 0 saturated carbocycles. The molecular formula is C29H27NO4. The van der Waals surface area contributed by atoms with Crippen LogP contribution in [0.25, 0.3) is 33.5 Å². The third-order valence-corrected chi connectivity index (χ3v) is 6.33. The Labute approximate surface area is 199 Å². The molecule has 172 valence electrons. The lowest BCUT2D eigenvalue weighted by atomic mass is 9.90. The topological polar surface area (TPSA) is 49.7 Å². The number of esters is 1. The molecule has 0 atom stereocenters. The van der Waals surface area contributed by atoms with Gasteiger partial charge in [0.1, 0.15) is 5.69 Å². The van der Waals surface area contributed by atoms with Crippen LogP contribution in [0.5, 0.6) is 11.5 Å². The summed E-state index contributed by atoms with van der Waals surface area (Å²) in [5.74, 6) is 1.05. The van der Waals surface area contributed by atoms with Crippen molar-refractivity contribution in [3.05, 3.63) is 84.1 Å². The number of methoxy groups -OCH3 is 2. The van der Waals surface area contributed by atoms with Crippen LogP contribution < -0.4 is 9.47 Å². The molecule has 0 spiro atoms. The number of fused-ring (bicyclic) bond motifs is 3. The molecule has 3 aromatic carbocycles. The van der Waals surface area contributed by atoms with Crippen LogP contribution in [-0.2, 0) is 17.7 Å². The van der Waals surface area contributed by atoms with E-state index >= 15 is 0 Å². The number of carbonyl (C=O) groups excluding carboxylic acids is 1. The quantitative estimate of drug-likeness (QED) is 0.324. The predicted molar refractivity (Wildman–Crippen MR) is 134 cm³/mol. The van der Waals surface area contributed by atoms with Gasteiger partial charge in [0.2, 0.25) is 0 Å². The van der Waals surface area contributed by atoms with Crippen LogP contribution in [0.2, 0.25) is 0 Å². The molecule has 2 heterocycles. The minimum absolute atomic E-state index is 0.311. The molecule has 4 aromatic rings. The number of ether oxygens (including phenoxy) is 3. The van der Waals surface area contributed by atoms with Crippen molar-refractivity contribution in [1.29, 1.82) is 0 Å². The van der Waals surface area contributed by atoms with Crippen LogP contribution >= 0.6 is 0 Å². The summed E-state index contributed by atoms with van der Waals surface area (Å²) in [6, 6.07) is 24.4. The molecule has 1 aliphatic heterocycles. The Kier molecular flexibility index (Phi) is 5.84. The lowest BCUT2D eigenvalue weighted by Gasteiger charge is -2.24. The summed E-state index contributed by atoms with van der Waals surface area (Å²) in [5, 5.41) is 0. The fourth-order valence-corrected chi connectivity index (χ4v) is 4.89. The van der Waals surface area contributed by atoms with E-state index < -0.39 is 0 Å². The Morgan fingerprint density at radius 3 is 2.03 bits per heavy atom. The summed E-state index contributed by atoms with van der Waals surface area (Å²) in [7, 11) is 3.29. The smallest absolute Gasteiger partial charge is 0.355 e. The number of nitrogens with zero attached hydrogens (tertiary/aromatic N) is 1. The van der Waals surface area contributed by atoms with E-state index in [1.807, 2.05) is 67.6 Å². The summed E-state index contributed by atoms with van der Waals surface area (Å²) < 4.78 is 18.9. The lowest BCUT2D eigenvalue weighted by molar-refractivity contribution is 0.0515. The molecule has 0 radical (unpaired) electrons. The fraction of sp³-hybridized carbons (Fsp3) is 0.207. The van der Waals surface area contributed by atoms with Gasteiger partial charge in [-0.3, -0.25) is 0 Å². The van der Waals surface area contributed by atoms with Crippen molar-refractivity contribution < 1.29 is 19.0 Å². The molecule has 34 heavy (non-hydrogen) atoms. The van der Waals surface area contributed by atoms with Crippen LogP contribution in [0.1, 0.15) is 23.0 Å². The lowest BCUT2D eigenvalue weighted by Crippen LogP contribution is -2.18. The van der Waals surface area contributed by atoms with Crippen molar-refractivity contribution in [2.75, 3.05) is 20.8 Å². The van der Waals surface area contributed by atoms with Gasteiger partial charge in [0.15, 0.2) is 11.5 Å². The largest absolute Gasteiger partial charge is 0.493 e. The first kappa shape index (κ1) is 21.8. The van der Waals surface area contributed by atoms with E-state index in [-0.39, 0.29) is 5.97 Å². The number of aromatic nitrogens is 1. The molecule has 0 amide bonds. The molecule has 0 saturated heterocycles. The summed E-state index contributed by atoms with van der Waals surface area (Å²) >= 11 is 0. The van der Waals surface area contributed by atoms with E-state index in [9.17, 15) is 4.79 Å². The van der Waals surface area contributed by atoms with Gasteiger partial charge >= 0.3 is 5.97 Å². The molecule has 5 heteroatoms. The zero-order chi connectivity index (χ0) is 23.7. The van der Waals surface area contributed by atoms with E-state index in [1.165, 1.54) is 0 Å². The van der Waals surface area contributed by atoms with Crippen LogP contribution in [0, 0.1) is 0 Å². The Hall–Kier alpha value is -3.99. The van der Waals surface area contributed by atoms with Gasteiger partial charge in [-0.2, -0.15) is 0 Å². The SMILES string of the molecule is CCOC(=O)c1c(-c2ccccc2)c(-c2ccccc2)c2n1CCc1cc(OC)c(OC)cc1-2. The number of rotatable bonds is 6. The molecule has 5 rings (SSSR count). The third-order valence-electron chi connectivity index (χ3n) is 6.33. The van der Waals surface area contributed by atoms with Gasteiger partial charge in [0, 0.05) is 23.2 Å². The summed E-state index contributed by atoms with van der Waals surface area (Å²) in [4.78, 5) is 13.4. The Morgan fingerprint density at radius 2 is 1.44 bits per heavy atom. The fourth-order valence-electron chi connectivity index (χ4n) is 4.89. The van der Waals surface area contributed by atoms with Gasteiger partial charge in [0.25, 0.3) is 0 Å². The maximum Gasteiger partial charge on any atom is 0.355 e. The second-order valence-electron chi connectivity index (χ2n) is 8.17. The van der Waals surface area contributed by atoms with Crippen molar-refractivity contribution >= 4 is 5.97 Å². The number of hydrogen-bond donors (Lipinski definition) is 0. The summed E-state index contributed by atoms with van der Waals surface area (Å²) in [6.07, 6.45) is 0.770. The number of benzene rings is 3. The average Bonchev–Trinajstić information content (AvgIpc) is 3.24. The van der Waals surface area contributed by atoms with Crippen molar-refractivity contribution in [2.45, 2.75) is 19.9 Å². The Bertz CT molecular complexity index is 1340. The van der Waals surface area contributed by atoms with Gasteiger partial charge in [0.05, 0.1) is 26.5 Å². The molecule has 1 aromatic heterocycles. The molecule has 5 nitrogen and oxygen atoms in total. The molecule has 1 aliphatic rings. The predicted octanol–water partition coefficient (Wildman–Crippen LogP) is 6.24. The highest BCUT2D eigenvalue weighted by Gasteiger charge is 2.33. The van der Waals surface area contributed by atoms with Crippen molar-refractivity contribution in [1.82, 2.24) is 4.57 Å². The van der Waals surface area contributed by atoms with Crippen molar-refractivity contribution in [3.63, 3.8) is 0 Å². The maximum absolute atomic E-state index is 13.4. The van der Waals surface area contributed by atoms with Gasteiger partial charge in [-0.15, -0.1) is 0 Å². The maximum atomic E-state index is 13.4. The average molecular weight is 454 g/mol. The first-order valence-corrected chi connectivity index (χ1v) is 11.5. The van der Waals surface area contributed by atoms with Crippen LogP contribution in [-0.4, -0.2) is 31.4 Å². The molecule has 0 N–H and O–H groups in total. The monoisotopic (exact) mass is 453 g/mol. The van der Waals surface area contributed by atoms with E-state index in [0.29, 0.717) is 30.3 Å². The first-order valence-electron chi connectivity index (χ1n) is 11.5. The normalized spacial score (nSPS) is 12.0. The minimum Gasteiger partial charge on any atom is -0.493 e. The molecule has 0 aliphatic carbocycles. The minimum atomic E-state index is -0.311. The summed E-state index contributed by atoms with van der Waals surface area (Å²) in [5.41, 5.74) is 7.71. The Morgan fingerprint density at radius 1 is 0.853 bits per heavy atom. The second kappa shape index (κ2) is 9.10. The second-order valence-corrected chi connectivity index (χ2v) is 8.17. The van der Waals surface area contributed by atoms with Crippen LogP contribution in [0.4, 0.5) is 0 Å². The van der Waals surface area contributed by atoms with Gasteiger partial charge in [-0.05, 0) is 42.2 Å².